The van der Waals surface area contributed by atoms with Crippen molar-refractivity contribution >= 4 is 35.0 Å². The highest BCUT2D eigenvalue weighted by Crippen LogP contribution is 2.28. The highest BCUT2D eigenvalue weighted by atomic mass is 35.5. The minimum absolute atomic E-state index is 0.107. The third-order valence-corrected chi connectivity index (χ3v) is 4.26. The maximum absolute atomic E-state index is 12.5. The first kappa shape index (κ1) is 15.9. The fourth-order valence-electron chi connectivity index (χ4n) is 1.93. The van der Waals surface area contributed by atoms with Crippen molar-refractivity contribution in [2.24, 2.45) is 0 Å². The topological polar surface area (TPSA) is 29.1 Å². The molecule has 0 fully saturated rings. The number of hydrogen-bond donors (Lipinski definition) is 1. The van der Waals surface area contributed by atoms with Gasteiger partial charge in [0.2, 0.25) is 0 Å². The van der Waals surface area contributed by atoms with Gasteiger partial charge in [-0.2, -0.15) is 0 Å². The molecule has 21 heavy (non-hydrogen) atoms. The molecule has 0 spiro atoms. The predicted octanol–water partition coefficient (Wildman–Crippen LogP) is 5.40. The molecule has 2 rings (SSSR count). The van der Waals surface area contributed by atoms with Crippen LogP contribution in [-0.4, -0.2) is 11.2 Å². The van der Waals surface area contributed by atoms with Crippen LogP contribution in [0.3, 0.4) is 0 Å². The minimum atomic E-state index is -0.107. The number of carbonyl (C=O) groups excluding carboxylic acids is 1. The molecule has 0 aliphatic heterocycles. The van der Waals surface area contributed by atoms with E-state index in [1.54, 1.807) is 17.8 Å². The van der Waals surface area contributed by atoms with Gasteiger partial charge in [-0.1, -0.05) is 43.6 Å². The molecular formula is C17H18ClNOS. The molecule has 0 atom stereocenters. The van der Waals surface area contributed by atoms with Crippen LogP contribution in [-0.2, 0) is 0 Å². The van der Waals surface area contributed by atoms with Gasteiger partial charge in [-0.3, -0.25) is 4.79 Å². The molecule has 0 unspecified atom stereocenters. The van der Waals surface area contributed by atoms with Gasteiger partial charge in [0.05, 0.1) is 5.56 Å². The first-order valence-corrected chi connectivity index (χ1v) is 8.06. The third kappa shape index (κ3) is 4.26. The number of nitrogens with one attached hydrogen (secondary N) is 1. The predicted molar refractivity (Wildman–Crippen MR) is 91.6 cm³/mol. The van der Waals surface area contributed by atoms with Crippen molar-refractivity contribution in [3.63, 3.8) is 0 Å². The number of hydrogen-bond acceptors (Lipinski definition) is 2. The van der Waals surface area contributed by atoms with E-state index in [1.807, 2.05) is 43.3 Å². The van der Waals surface area contributed by atoms with Gasteiger partial charge < -0.3 is 5.32 Å². The Bertz CT molecular complexity index is 655. The Labute approximate surface area is 134 Å². The van der Waals surface area contributed by atoms with Crippen LogP contribution < -0.4 is 5.32 Å². The summed E-state index contributed by atoms with van der Waals surface area (Å²) < 4.78 is 0. The molecule has 0 radical (unpaired) electrons. The lowest BCUT2D eigenvalue weighted by Crippen LogP contribution is -2.14. The third-order valence-electron chi connectivity index (χ3n) is 2.94. The molecule has 4 heteroatoms. The second kappa shape index (κ2) is 7.01. The van der Waals surface area contributed by atoms with E-state index in [1.165, 1.54) is 0 Å². The number of carbonyl (C=O) groups is 1. The van der Waals surface area contributed by atoms with Gasteiger partial charge in [-0.05, 0) is 36.8 Å². The highest BCUT2D eigenvalue weighted by Gasteiger charge is 2.13. The normalized spacial score (nSPS) is 10.7. The molecule has 0 saturated carbocycles. The second-order valence-corrected chi connectivity index (χ2v) is 7.13. The van der Waals surface area contributed by atoms with Gasteiger partial charge in [0, 0.05) is 20.9 Å². The zero-order valence-electron chi connectivity index (χ0n) is 12.3. The van der Waals surface area contributed by atoms with Crippen molar-refractivity contribution in [3.8, 4) is 0 Å². The maximum atomic E-state index is 12.5. The first-order chi connectivity index (χ1) is 9.97. The molecule has 0 aliphatic carbocycles. The Morgan fingerprint density at radius 3 is 2.62 bits per heavy atom. The van der Waals surface area contributed by atoms with Gasteiger partial charge in [0.1, 0.15) is 0 Å². The van der Waals surface area contributed by atoms with Crippen LogP contribution in [0.4, 0.5) is 5.69 Å². The van der Waals surface area contributed by atoms with Crippen LogP contribution in [0.25, 0.3) is 0 Å². The number of amides is 1. The van der Waals surface area contributed by atoms with Crippen LogP contribution >= 0.6 is 23.4 Å². The molecule has 0 aromatic heterocycles. The van der Waals surface area contributed by atoms with Crippen molar-refractivity contribution in [1.82, 2.24) is 0 Å². The van der Waals surface area contributed by atoms with Gasteiger partial charge >= 0.3 is 0 Å². The zero-order valence-corrected chi connectivity index (χ0v) is 13.9. The van der Waals surface area contributed by atoms with Crippen LogP contribution in [0, 0.1) is 6.92 Å². The Morgan fingerprint density at radius 1 is 1.19 bits per heavy atom. The summed E-state index contributed by atoms with van der Waals surface area (Å²) in [6.07, 6.45) is 0. The van der Waals surface area contributed by atoms with Crippen LogP contribution in [0.2, 0.25) is 5.02 Å². The number of benzene rings is 2. The van der Waals surface area contributed by atoms with Crippen molar-refractivity contribution < 1.29 is 4.79 Å². The lowest BCUT2D eigenvalue weighted by molar-refractivity contribution is 0.102. The molecule has 1 amide bonds. The highest BCUT2D eigenvalue weighted by molar-refractivity contribution is 8.00. The Morgan fingerprint density at radius 2 is 1.90 bits per heavy atom. The Balaban J connectivity index is 2.26. The first-order valence-electron chi connectivity index (χ1n) is 6.80. The van der Waals surface area contributed by atoms with E-state index >= 15 is 0 Å². The van der Waals surface area contributed by atoms with Crippen molar-refractivity contribution in [1.29, 1.82) is 0 Å². The van der Waals surface area contributed by atoms with Crippen molar-refractivity contribution in [2.75, 3.05) is 5.32 Å². The van der Waals surface area contributed by atoms with E-state index in [0.717, 1.165) is 16.1 Å². The van der Waals surface area contributed by atoms with Crippen LogP contribution in [0.15, 0.2) is 47.4 Å². The van der Waals surface area contributed by atoms with Gasteiger partial charge in [-0.15, -0.1) is 11.8 Å². The molecule has 1 N–H and O–H groups in total. The van der Waals surface area contributed by atoms with Crippen molar-refractivity contribution in [2.45, 2.75) is 30.9 Å². The summed E-state index contributed by atoms with van der Waals surface area (Å²) in [7, 11) is 0. The Kier molecular flexibility index (Phi) is 5.32. The molecule has 0 bridgehead atoms. The fraction of sp³-hybridized carbons (Fsp3) is 0.235. The fourth-order valence-corrected chi connectivity index (χ4v) is 3.05. The monoisotopic (exact) mass is 319 g/mol. The number of rotatable bonds is 4. The number of halogens is 1. The molecule has 110 valence electrons. The van der Waals surface area contributed by atoms with E-state index in [-0.39, 0.29) is 5.91 Å². The molecule has 2 aromatic carbocycles. The molecule has 2 aromatic rings. The quantitative estimate of drug-likeness (QED) is 0.764. The summed E-state index contributed by atoms with van der Waals surface area (Å²) in [5, 5.41) is 3.98. The lowest BCUT2D eigenvalue weighted by atomic mass is 10.1. The largest absolute Gasteiger partial charge is 0.322 e. The molecule has 2 nitrogen and oxygen atoms in total. The lowest BCUT2D eigenvalue weighted by Gasteiger charge is -2.13. The van der Waals surface area contributed by atoms with Gasteiger partial charge in [-0.25, -0.2) is 0 Å². The molecular weight excluding hydrogens is 302 g/mol. The standard InChI is InChI=1S/C17H18ClNOS/c1-11(2)21-16-7-5-4-6-14(16)17(20)19-15-10-13(18)9-8-12(15)3/h4-11H,1-3H3,(H,19,20). The number of aryl methyl sites for hydroxylation is 1. The molecule has 0 aliphatic rings. The summed E-state index contributed by atoms with van der Waals surface area (Å²) >= 11 is 7.68. The second-order valence-electron chi connectivity index (χ2n) is 5.08. The number of thioether (sulfide) groups is 1. The summed E-state index contributed by atoms with van der Waals surface area (Å²) in [5.41, 5.74) is 2.43. The molecule has 0 heterocycles. The van der Waals surface area contributed by atoms with Gasteiger partial charge in [0.15, 0.2) is 0 Å². The minimum Gasteiger partial charge on any atom is -0.322 e. The molecule has 0 saturated heterocycles. The van der Waals surface area contributed by atoms with E-state index in [4.69, 9.17) is 11.6 Å². The van der Waals surface area contributed by atoms with E-state index in [9.17, 15) is 4.79 Å². The average molecular weight is 320 g/mol. The van der Waals surface area contributed by atoms with Gasteiger partial charge in [0.25, 0.3) is 5.91 Å². The summed E-state index contributed by atoms with van der Waals surface area (Å²) in [6.45, 7) is 6.17. The summed E-state index contributed by atoms with van der Waals surface area (Å²) in [5.74, 6) is -0.107. The maximum Gasteiger partial charge on any atom is 0.256 e. The SMILES string of the molecule is Cc1ccc(Cl)cc1NC(=O)c1ccccc1SC(C)C. The van der Waals surface area contributed by atoms with E-state index < -0.39 is 0 Å². The zero-order chi connectivity index (χ0) is 15.4. The van der Waals surface area contributed by atoms with Crippen LogP contribution in [0.5, 0.6) is 0 Å². The Hall–Kier alpha value is -1.45. The number of anilines is 1. The van der Waals surface area contributed by atoms with Crippen LogP contribution in [0.1, 0.15) is 29.8 Å². The van der Waals surface area contributed by atoms with E-state index in [2.05, 4.69) is 19.2 Å². The van der Waals surface area contributed by atoms with E-state index in [0.29, 0.717) is 15.8 Å². The average Bonchev–Trinajstić information content (AvgIpc) is 2.42. The smallest absolute Gasteiger partial charge is 0.256 e. The summed E-state index contributed by atoms with van der Waals surface area (Å²) in [6, 6.07) is 13.1. The van der Waals surface area contributed by atoms with Crippen molar-refractivity contribution in [3.05, 3.63) is 58.6 Å². The summed E-state index contributed by atoms with van der Waals surface area (Å²) in [4.78, 5) is 13.5.